The maximum absolute atomic E-state index is 5.87. The van der Waals surface area contributed by atoms with Gasteiger partial charge in [-0.2, -0.15) is 0 Å². The van der Waals surface area contributed by atoms with E-state index in [1.54, 1.807) is 0 Å². The number of unbranched alkanes of at least 4 members (excludes halogenated alkanes) is 12. The van der Waals surface area contributed by atoms with Gasteiger partial charge in [-0.15, -0.1) is 29.3 Å². The summed E-state index contributed by atoms with van der Waals surface area (Å²) in [6.07, 6.45) is 24.7. The van der Waals surface area contributed by atoms with E-state index in [1.165, 1.54) is 225 Å². The van der Waals surface area contributed by atoms with E-state index in [4.69, 9.17) is 4.98 Å². The van der Waals surface area contributed by atoms with Crippen molar-refractivity contribution in [2.45, 2.75) is 174 Å². The van der Waals surface area contributed by atoms with Gasteiger partial charge < -0.3 is 0 Å². The molecule has 2 heteroatoms. The summed E-state index contributed by atoms with van der Waals surface area (Å²) in [5.41, 5.74) is 30.5. The maximum atomic E-state index is 5.87. The predicted molar refractivity (Wildman–Crippen MR) is 362 cm³/mol. The molecule has 0 saturated heterocycles. The average Bonchev–Trinajstić information content (AvgIpc) is 1.56. The van der Waals surface area contributed by atoms with Gasteiger partial charge in [0.05, 0.1) is 10.9 Å². The zero-order valence-corrected chi connectivity index (χ0v) is 54.2. The van der Waals surface area contributed by atoms with Gasteiger partial charge in [0, 0.05) is 30.9 Å². The Bertz CT molecular complexity index is 3940. The first-order valence-electron chi connectivity index (χ1n) is 33.2. The number of aromatic nitrogens is 1. The summed E-state index contributed by atoms with van der Waals surface area (Å²) in [5.74, 6) is 0. The Kier molecular flexibility index (Phi) is 18.1. The van der Waals surface area contributed by atoms with Crippen molar-refractivity contribution in [2.75, 3.05) is 0 Å². The Labute approximate surface area is 528 Å². The Morgan fingerprint density at radius 2 is 0.814 bits per heavy atom. The van der Waals surface area contributed by atoms with Crippen LogP contribution in [0.1, 0.15) is 199 Å². The minimum Gasteiger partial charge on any atom is -0.296 e. The van der Waals surface area contributed by atoms with Crippen LogP contribution in [0.3, 0.4) is 0 Å². The van der Waals surface area contributed by atoms with Crippen molar-refractivity contribution in [3.63, 3.8) is 0 Å². The molecule has 9 aromatic carbocycles. The molecule has 1 nitrogen and oxygen atoms in total. The van der Waals surface area contributed by atoms with Gasteiger partial charge >= 0.3 is 0 Å². The third-order valence-electron chi connectivity index (χ3n) is 19.9. The average molecular weight is 1300 g/mol. The van der Waals surface area contributed by atoms with Gasteiger partial charge in [-0.25, -0.2) is 0 Å². The molecule has 0 amide bonds. The molecule has 0 aliphatic heterocycles. The Morgan fingerprint density at radius 1 is 0.349 bits per heavy atom. The molecule has 3 aliphatic carbocycles. The van der Waals surface area contributed by atoms with Gasteiger partial charge in [-0.05, 0) is 176 Å². The topological polar surface area (TPSA) is 12.9 Å². The van der Waals surface area contributed by atoms with Gasteiger partial charge in [-0.1, -0.05) is 280 Å². The summed E-state index contributed by atoms with van der Waals surface area (Å²) >= 11 is 0. The van der Waals surface area contributed by atoms with E-state index >= 15 is 0 Å². The summed E-state index contributed by atoms with van der Waals surface area (Å²) < 4.78 is 0. The van der Waals surface area contributed by atoms with Crippen molar-refractivity contribution in [3.8, 4) is 66.9 Å². The molecule has 3 aliphatic rings. The van der Waals surface area contributed by atoms with Crippen LogP contribution in [0.15, 0.2) is 188 Å². The standard InChI is InChI=1S/C84H86N.Ir/c1-6-10-14-19-31-58-47-59(32-20-15-11-7-2)50-64(49-58)62-43-45-70-71-46-44-63(54-79(71)83(5,78(70)53-62)66-35-23-18-24-36-66)81-56-72(65-51-60(33-21-16-12-8-3)48-61(52-65)34-22-17-13-9-4)74-55-80-73(57-82(74)85-81)69-39-27-30-42-77(69)84(80)75-40-28-25-37-67(75)68-38-26-29-41-76(68)84;/h18,23-30,35-43,45-57H,6-17,19-22,31-34H2,1-5H3;/q-1;. The summed E-state index contributed by atoms with van der Waals surface area (Å²) in [6.45, 7) is 11.7. The fourth-order valence-corrected chi connectivity index (χ4v) is 15.5. The van der Waals surface area contributed by atoms with Crippen molar-refractivity contribution in [1.82, 2.24) is 4.98 Å². The zero-order valence-electron chi connectivity index (χ0n) is 51.8. The van der Waals surface area contributed by atoms with E-state index in [0.29, 0.717) is 0 Å². The molecule has 1 atom stereocenters. The molecule has 13 rings (SSSR count). The molecule has 0 bridgehead atoms. The van der Waals surface area contributed by atoms with E-state index in [0.717, 1.165) is 42.5 Å². The molecular weight excluding hydrogens is 1220 g/mol. The molecule has 86 heavy (non-hydrogen) atoms. The van der Waals surface area contributed by atoms with Crippen molar-refractivity contribution >= 4 is 10.9 Å². The molecule has 10 aromatic rings. The SMILES string of the molecule is CCCCCCc1cc(CCCCCC)cc(-c2ccc3c(c2)C(C)(c2ccccc2)c2cc(-c4cc(-c5cc(CCCCCC)cc(CCCCCC)c5)c5cc6c(cc5n4)-c4ccccc4C64c5ccccc5-c5ccccc54)[c-]cc2-3)c1.[Ir]. The molecule has 0 N–H and O–H groups in total. The van der Waals surface area contributed by atoms with E-state index in [9.17, 15) is 0 Å². The minimum absolute atomic E-state index is 0. The summed E-state index contributed by atoms with van der Waals surface area (Å²) in [7, 11) is 0. The first-order chi connectivity index (χ1) is 41.8. The van der Waals surface area contributed by atoms with Crippen LogP contribution in [0.5, 0.6) is 0 Å². The van der Waals surface area contributed by atoms with Crippen LogP contribution in [-0.2, 0) is 56.6 Å². The monoisotopic (exact) mass is 1300 g/mol. The van der Waals surface area contributed by atoms with Crippen LogP contribution in [0.4, 0.5) is 0 Å². The third kappa shape index (κ3) is 10.9. The summed E-state index contributed by atoms with van der Waals surface area (Å²) in [5, 5.41) is 1.21. The zero-order chi connectivity index (χ0) is 57.9. The molecule has 1 aromatic heterocycles. The van der Waals surface area contributed by atoms with Crippen molar-refractivity contribution < 1.29 is 20.1 Å². The second-order valence-electron chi connectivity index (χ2n) is 25.6. The van der Waals surface area contributed by atoms with Gasteiger partial charge in [0.1, 0.15) is 0 Å². The van der Waals surface area contributed by atoms with Crippen LogP contribution < -0.4 is 0 Å². The van der Waals surface area contributed by atoms with E-state index in [2.05, 4.69) is 229 Å². The number of benzene rings is 9. The van der Waals surface area contributed by atoms with Crippen LogP contribution in [-0.4, -0.2) is 4.98 Å². The number of fused-ring (bicyclic) bond motifs is 14. The normalized spacial score (nSPS) is 14.6. The van der Waals surface area contributed by atoms with Crippen LogP contribution >= 0.6 is 0 Å². The van der Waals surface area contributed by atoms with Crippen molar-refractivity contribution in [3.05, 3.63) is 255 Å². The fraction of sp³-hybridized carbons (Fsp3) is 0.321. The number of hydrogen-bond acceptors (Lipinski definition) is 1. The largest absolute Gasteiger partial charge is 0.296 e. The van der Waals surface area contributed by atoms with E-state index < -0.39 is 10.8 Å². The Morgan fingerprint density at radius 3 is 1.34 bits per heavy atom. The predicted octanol–water partition coefficient (Wildman–Crippen LogP) is 23.2. The van der Waals surface area contributed by atoms with Crippen LogP contribution in [0.2, 0.25) is 0 Å². The maximum Gasteiger partial charge on any atom is 0.0725 e. The quantitative estimate of drug-likeness (QED) is 0.0434. The smallest absolute Gasteiger partial charge is 0.0725 e. The van der Waals surface area contributed by atoms with Crippen molar-refractivity contribution in [2.24, 2.45) is 0 Å². The molecule has 0 fully saturated rings. The van der Waals surface area contributed by atoms with Gasteiger partial charge in [0.25, 0.3) is 0 Å². The molecular formula is C84H86IrN-. The fourth-order valence-electron chi connectivity index (χ4n) is 15.5. The number of hydrogen-bond donors (Lipinski definition) is 0. The second kappa shape index (κ2) is 26.2. The Balaban J connectivity index is 0.00000724. The molecule has 1 heterocycles. The number of rotatable bonds is 24. The van der Waals surface area contributed by atoms with E-state index in [-0.39, 0.29) is 20.1 Å². The number of aryl methyl sites for hydroxylation is 4. The first kappa shape index (κ1) is 59.4. The number of nitrogens with zero attached hydrogens (tertiary/aromatic N) is 1. The second-order valence-corrected chi connectivity index (χ2v) is 25.6. The van der Waals surface area contributed by atoms with Crippen LogP contribution in [0, 0.1) is 6.07 Å². The summed E-state index contributed by atoms with van der Waals surface area (Å²) in [6, 6.07) is 77.7. The van der Waals surface area contributed by atoms with Gasteiger partial charge in [0.15, 0.2) is 0 Å². The molecule has 1 radical (unpaired) electrons. The van der Waals surface area contributed by atoms with Crippen molar-refractivity contribution in [1.29, 1.82) is 0 Å². The molecule has 0 saturated carbocycles. The van der Waals surface area contributed by atoms with Gasteiger partial charge in [-0.3, -0.25) is 4.98 Å². The molecule has 1 unspecified atom stereocenters. The summed E-state index contributed by atoms with van der Waals surface area (Å²) in [4.78, 5) is 5.87. The van der Waals surface area contributed by atoms with Crippen LogP contribution in [0.25, 0.3) is 77.8 Å². The first-order valence-corrected chi connectivity index (χ1v) is 33.2. The molecule has 437 valence electrons. The van der Waals surface area contributed by atoms with Gasteiger partial charge in [0.2, 0.25) is 0 Å². The number of pyridine rings is 1. The molecule has 1 spiro atoms. The van der Waals surface area contributed by atoms with E-state index in [1.807, 2.05) is 0 Å². The Hall–Kier alpha value is -6.96. The minimum atomic E-state index is -0.451. The third-order valence-corrected chi connectivity index (χ3v) is 19.9.